The molecule has 8 heteroatoms. The number of hydrogen-bond acceptors (Lipinski definition) is 6. The molecule has 0 unspecified atom stereocenters. The lowest BCUT2D eigenvalue weighted by Gasteiger charge is -2.31. The summed E-state index contributed by atoms with van der Waals surface area (Å²) in [5, 5.41) is 10.0. The van der Waals surface area contributed by atoms with Crippen molar-refractivity contribution in [3.05, 3.63) is 24.3 Å². The maximum absolute atomic E-state index is 12.6. The molecule has 2 aliphatic rings. The van der Waals surface area contributed by atoms with Crippen LogP contribution in [0.3, 0.4) is 0 Å². The van der Waals surface area contributed by atoms with Gasteiger partial charge in [-0.1, -0.05) is 25.7 Å². The zero-order valence-corrected chi connectivity index (χ0v) is 15.6. The van der Waals surface area contributed by atoms with E-state index in [-0.39, 0.29) is 11.8 Å². The Kier molecular flexibility index (Phi) is 5.60. The number of piperidine rings is 1. The summed E-state index contributed by atoms with van der Waals surface area (Å²) in [6.45, 7) is 1.49. The molecule has 2 aromatic rings. The number of rotatable bonds is 6. The number of aromatic nitrogens is 5. The van der Waals surface area contributed by atoms with Crippen molar-refractivity contribution >= 4 is 17.8 Å². The molecule has 3 heterocycles. The molecule has 8 nitrogen and oxygen atoms in total. The molecular formula is C19H27N7O. The molecule has 2 N–H and O–H groups in total. The second kappa shape index (κ2) is 8.45. The molecule has 1 saturated carbocycles. The summed E-state index contributed by atoms with van der Waals surface area (Å²) in [4.78, 5) is 27.7. The van der Waals surface area contributed by atoms with E-state index in [1.807, 2.05) is 0 Å². The summed E-state index contributed by atoms with van der Waals surface area (Å²) < 4.78 is 0. The van der Waals surface area contributed by atoms with Gasteiger partial charge in [-0.05, 0) is 31.2 Å². The Bertz CT molecular complexity index is 742. The van der Waals surface area contributed by atoms with Gasteiger partial charge in [0.2, 0.25) is 17.8 Å². The predicted molar refractivity (Wildman–Crippen MR) is 102 cm³/mol. The summed E-state index contributed by atoms with van der Waals surface area (Å²) in [6, 6.07) is 1.80. The quantitative estimate of drug-likeness (QED) is 0.812. The highest BCUT2D eigenvalue weighted by molar-refractivity contribution is 5.91. The maximum atomic E-state index is 12.6. The number of nitrogens with zero attached hydrogens (tertiary/aromatic N) is 5. The lowest BCUT2D eigenvalue weighted by molar-refractivity contribution is -0.120. The van der Waals surface area contributed by atoms with Gasteiger partial charge in [-0.2, -0.15) is 4.98 Å². The first-order valence-electron chi connectivity index (χ1n) is 10.0. The van der Waals surface area contributed by atoms with Crippen molar-refractivity contribution < 1.29 is 4.79 Å². The molecular weight excluding hydrogens is 342 g/mol. The van der Waals surface area contributed by atoms with E-state index >= 15 is 0 Å². The number of aromatic amines is 1. The summed E-state index contributed by atoms with van der Waals surface area (Å²) >= 11 is 0. The van der Waals surface area contributed by atoms with Gasteiger partial charge >= 0.3 is 0 Å². The van der Waals surface area contributed by atoms with E-state index in [9.17, 15) is 4.79 Å². The topological polar surface area (TPSA) is 99.7 Å². The number of carbonyl (C=O) groups is 1. The van der Waals surface area contributed by atoms with Gasteiger partial charge in [-0.3, -0.25) is 15.2 Å². The van der Waals surface area contributed by atoms with Crippen LogP contribution >= 0.6 is 0 Å². The summed E-state index contributed by atoms with van der Waals surface area (Å²) in [6.07, 6.45) is 12.7. The fourth-order valence-corrected chi connectivity index (χ4v) is 4.14. The summed E-state index contributed by atoms with van der Waals surface area (Å²) in [5.41, 5.74) is 0. The molecule has 2 aromatic heterocycles. The van der Waals surface area contributed by atoms with E-state index in [1.54, 1.807) is 18.5 Å². The second-order valence-corrected chi connectivity index (χ2v) is 7.62. The summed E-state index contributed by atoms with van der Waals surface area (Å²) in [7, 11) is 0. The van der Waals surface area contributed by atoms with Gasteiger partial charge < -0.3 is 4.90 Å². The zero-order chi connectivity index (χ0) is 18.5. The van der Waals surface area contributed by atoms with Crippen LogP contribution in [0.1, 0.15) is 50.8 Å². The Morgan fingerprint density at radius 1 is 1.19 bits per heavy atom. The molecule has 1 atom stereocenters. The fourth-order valence-electron chi connectivity index (χ4n) is 4.14. The Labute approximate surface area is 159 Å². The smallest absolute Gasteiger partial charge is 0.248 e. The van der Waals surface area contributed by atoms with Gasteiger partial charge in [0.25, 0.3) is 0 Å². The van der Waals surface area contributed by atoms with Crippen LogP contribution < -0.4 is 10.2 Å². The van der Waals surface area contributed by atoms with Crippen LogP contribution in [0, 0.1) is 11.8 Å². The van der Waals surface area contributed by atoms with E-state index in [2.05, 4.69) is 35.4 Å². The third-order valence-corrected chi connectivity index (χ3v) is 5.66. The lowest BCUT2D eigenvalue weighted by Crippen LogP contribution is -2.41. The molecule has 144 valence electrons. The Hall–Kier alpha value is -2.51. The minimum Gasteiger partial charge on any atom is -0.340 e. The highest BCUT2D eigenvalue weighted by Gasteiger charge is 2.27. The van der Waals surface area contributed by atoms with Crippen LogP contribution in [-0.2, 0) is 11.2 Å². The van der Waals surface area contributed by atoms with Crippen LogP contribution in [0.4, 0.5) is 11.9 Å². The van der Waals surface area contributed by atoms with Gasteiger partial charge in [0.15, 0.2) is 0 Å². The van der Waals surface area contributed by atoms with Crippen molar-refractivity contribution in [3.8, 4) is 0 Å². The van der Waals surface area contributed by atoms with Gasteiger partial charge in [0, 0.05) is 31.9 Å². The van der Waals surface area contributed by atoms with Gasteiger partial charge in [-0.15, -0.1) is 5.10 Å². The molecule has 27 heavy (non-hydrogen) atoms. The Morgan fingerprint density at radius 3 is 2.81 bits per heavy atom. The monoisotopic (exact) mass is 369 g/mol. The molecule has 1 aliphatic heterocycles. The standard InChI is InChI=1S/C19H27N7O/c27-17(15-7-3-12-26(13-15)19-20-10-4-11-21-19)23-18-22-16(24-25-18)9-8-14-5-1-2-6-14/h4,10-11,14-15H,1-3,5-9,12-13H2,(H2,22,23,24,25,27)/t15-/m0/s1. The third-order valence-electron chi connectivity index (χ3n) is 5.66. The van der Waals surface area contributed by atoms with Crippen molar-refractivity contribution in [1.29, 1.82) is 0 Å². The minimum atomic E-state index is -0.108. The molecule has 1 amide bonds. The molecule has 1 aliphatic carbocycles. The molecule has 4 rings (SSSR count). The first-order valence-corrected chi connectivity index (χ1v) is 10.0. The van der Waals surface area contributed by atoms with E-state index in [0.717, 1.165) is 44.0 Å². The normalized spacial score (nSPS) is 20.7. The molecule has 0 bridgehead atoms. The minimum absolute atomic E-state index is 0.0306. The highest BCUT2D eigenvalue weighted by atomic mass is 16.2. The number of amides is 1. The SMILES string of the molecule is O=C(Nc1n[nH]c(CCC2CCCC2)n1)[C@H]1CCCN(c2ncccn2)C1. The van der Waals surface area contributed by atoms with Gasteiger partial charge in [0.05, 0.1) is 5.92 Å². The first kappa shape index (κ1) is 17.9. The van der Waals surface area contributed by atoms with Crippen molar-refractivity contribution in [2.24, 2.45) is 11.8 Å². The van der Waals surface area contributed by atoms with Crippen LogP contribution in [0.15, 0.2) is 18.5 Å². The van der Waals surface area contributed by atoms with Crippen LogP contribution in [0.25, 0.3) is 0 Å². The van der Waals surface area contributed by atoms with Gasteiger partial charge in [-0.25, -0.2) is 9.97 Å². The number of aryl methyl sites for hydroxylation is 1. The number of anilines is 2. The molecule has 0 spiro atoms. The number of nitrogens with one attached hydrogen (secondary N) is 2. The van der Waals surface area contributed by atoms with E-state index in [1.165, 1.54) is 25.7 Å². The average molecular weight is 369 g/mol. The zero-order valence-electron chi connectivity index (χ0n) is 15.6. The number of carbonyl (C=O) groups excluding carboxylic acids is 1. The van der Waals surface area contributed by atoms with Crippen LogP contribution in [0.2, 0.25) is 0 Å². The third kappa shape index (κ3) is 4.61. The fraction of sp³-hybridized carbons (Fsp3) is 0.632. The second-order valence-electron chi connectivity index (χ2n) is 7.62. The molecule has 1 saturated heterocycles. The number of H-pyrrole nitrogens is 1. The molecule has 0 radical (unpaired) electrons. The van der Waals surface area contributed by atoms with Crippen LogP contribution in [0.5, 0.6) is 0 Å². The van der Waals surface area contributed by atoms with E-state index in [0.29, 0.717) is 18.4 Å². The van der Waals surface area contributed by atoms with Crippen molar-refractivity contribution in [1.82, 2.24) is 25.1 Å². The van der Waals surface area contributed by atoms with Crippen molar-refractivity contribution in [3.63, 3.8) is 0 Å². The summed E-state index contributed by atoms with van der Waals surface area (Å²) in [5.74, 6) is 2.61. The average Bonchev–Trinajstić information content (AvgIpc) is 3.39. The first-order chi connectivity index (χ1) is 13.3. The Balaban J connectivity index is 1.29. The maximum Gasteiger partial charge on any atom is 0.248 e. The van der Waals surface area contributed by atoms with Crippen molar-refractivity contribution in [2.75, 3.05) is 23.3 Å². The highest BCUT2D eigenvalue weighted by Crippen LogP contribution is 2.28. The largest absolute Gasteiger partial charge is 0.340 e. The lowest BCUT2D eigenvalue weighted by atomic mass is 9.97. The van der Waals surface area contributed by atoms with Crippen LogP contribution in [-0.4, -0.2) is 44.1 Å². The van der Waals surface area contributed by atoms with E-state index < -0.39 is 0 Å². The Morgan fingerprint density at radius 2 is 2.00 bits per heavy atom. The predicted octanol–water partition coefficient (Wildman–Crippen LogP) is 2.57. The van der Waals surface area contributed by atoms with E-state index in [4.69, 9.17) is 0 Å². The van der Waals surface area contributed by atoms with Gasteiger partial charge in [0.1, 0.15) is 5.82 Å². The van der Waals surface area contributed by atoms with Crippen molar-refractivity contribution in [2.45, 2.75) is 51.4 Å². The number of hydrogen-bond donors (Lipinski definition) is 2. The molecule has 0 aromatic carbocycles. The molecule has 2 fully saturated rings.